The van der Waals surface area contributed by atoms with Crippen LogP contribution in [0.15, 0.2) is 18.2 Å². The van der Waals surface area contributed by atoms with E-state index in [1.165, 1.54) is 19.2 Å². The SMILES string of the molecule is CCOC(=O)Oc1c(OC)c2cc(F)ccc2n1CCBr. The van der Waals surface area contributed by atoms with Crippen LogP contribution < -0.4 is 9.47 Å². The van der Waals surface area contributed by atoms with Crippen molar-refractivity contribution in [2.45, 2.75) is 13.5 Å². The fraction of sp³-hybridized carbons (Fsp3) is 0.357. The predicted octanol–water partition coefficient (Wildman–Crippen LogP) is 3.72. The van der Waals surface area contributed by atoms with Gasteiger partial charge in [0.1, 0.15) is 5.82 Å². The van der Waals surface area contributed by atoms with Gasteiger partial charge in [0.2, 0.25) is 0 Å². The van der Waals surface area contributed by atoms with Gasteiger partial charge in [-0.3, -0.25) is 0 Å². The Bertz CT molecular complexity index is 656. The van der Waals surface area contributed by atoms with Crippen molar-refractivity contribution in [3.63, 3.8) is 0 Å². The van der Waals surface area contributed by atoms with Crippen LogP contribution in [0.25, 0.3) is 10.9 Å². The lowest BCUT2D eigenvalue weighted by atomic mass is 10.2. The lowest BCUT2D eigenvalue weighted by Gasteiger charge is -2.10. The number of nitrogens with zero attached hydrogens (tertiary/aromatic N) is 1. The van der Waals surface area contributed by atoms with Crippen molar-refractivity contribution in [3.8, 4) is 11.6 Å². The summed E-state index contributed by atoms with van der Waals surface area (Å²) in [6, 6.07) is 4.31. The molecule has 2 aromatic rings. The van der Waals surface area contributed by atoms with Gasteiger partial charge in [-0.2, -0.15) is 0 Å². The minimum atomic E-state index is -0.824. The molecule has 0 aliphatic heterocycles. The third-order valence-electron chi connectivity index (χ3n) is 2.89. The topological polar surface area (TPSA) is 49.7 Å². The molecule has 0 atom stereocenters. The Morgan fingerprint density at radius 3 is 2.81 bits per heavy atom. The van der Waals surface area contributed by atoms with Crippen LogP contribution in [0.2, 0.25) is 0 Å². The Morgan fingerprint density at radius 2 is 2.19 bits per heavy atom. The number of hydrogen-bond acceptors (Lipinski definition) is 4. The van der Waals surface area contributed by atoms with E-state index in [2.05, 4.69) is 15.9 Å². The monoisotopic (exact) mass is 359 g/mol. The molecule has 0 aliphatic rings. The molecule has 2 rings (SSSR count). The van der Waals surface area contributed by atoms with E-state index in [9.17, 15) is 9.18 Å². The first-order valence-electron chi connectivity index (χ1n) is 6.38. The molecule has 0 unspecified atom stereocenters. The van der Waals surface area contributed by atoms with E-state index in [0.717, 1.165) is 0 Å². The predicted molar refractivity (Wildman–Crippen MR) is 79.9 cm³/mol. The first-order chi connectivity index (χ1) is 10.1. The van der Waals surface area contributed by atoms with Gasteiger partial charge in [0.05, 0.1) is 19.2 Å². The van der Waals surface area contributed by atoms with Crippen molar-refractivity contribution in [3.05, 3.63) is 24.0 Å². The van der Waals surface area contributed by atoms with Gasteiger partial charge in [-0.15, -0.1) is 0 Å². The molecule has 0 N–H and O–H groups in total. The van der Waals surface area contributed by atoms with Gasteiger partial charge in [-0.25, -0.2) is 9.18 Å². The van der Waals surface area contributed by atoms with E-state index >= 15 is 0 Å². The number of methoxy groups -OCH3 is 1. The van der Waals surface area contributed by atoms with Gasteiger partial charge >= 0.3 is 6.16 Å². The lowest BCUT2D eigenvalue weighted by molar-refractivity contribution is 0.0999. The maximum Gasteiger partial charge on any atom is 0.515 e. The number of benzene rings is 1. The van der Waals surface area contributed by atoms with Gasteiger partial charge in [-0.05, 0) is 25.1 Å². The van der Waals surface area contributed by atoms with Gasteiger partial charge in [0.25, 0.3) is 5.88 Å². The van der Waals surface area contributed by atoms with E-state index < -0.39 is 6.16 Å². The molecule has 0 saturated heterocycles. The van der Waals surface area contributed by atoms with Gasteiger partial charge in [-0.1, -0.05) is 15.9 Å². The fourth-order valence-electron chi connectivity index (χ4n) is 2.10. The van der Waals surface area contributed by atoms with Gasteiger partial charge in [0, 0.05) is 17.3 Å². The van der Waals surface area contributed by atoms with Crippen LogP contribution in [-0.2, 0) is 11.3 Å². The molecular formula is C14H15BrFNO4. The summed E-state index contributed by atoms with van der Waals surface area (Å²) in [6.07, 6.45) is -0.824. The standard InChI is InChI=1S/C14H15BrFNO4/c1-3-20-14(18)21-13-12(19-2)10-8-9(16)4-5-11(10)17(13)7-6-15/h4-5,8H,3,6-7H2,1-2H3. The zero-order valence-corrected chi connectivity index (χ0v) is 13.3. The first-order valence-corrected chi connectivity index (χ1v) is 7.50. The molecule has 1 aromatic heterocycles. The third kappa shape index (κ3) is 3.12. The van der Waals surface area contributed by atoms with Crippen molar-refractivity contribution >= 4 is 33.0 Å². The molecule has 0 fully saturated rings. The van der Waals surface area contributed by atoms with Crippen LogP contribution in [0.4, 0.5) is 9.18 Å². The highest BCUT2D eigenvalue weighted by Gasteiger charge is 2.22. The van der Waals surface area contributed by atoms with Crippen molar-refractivity contribution < 1.29 is 23.4 Å². The molecule has 0 radical (unpaired) electrons. The molecule has 21 heavy (non-hydrogen) atoms. The van der Waals surface area contributed by atoms with Crippen LogP contribution in [0.5, 0.6) is 11.6 Å². The van der Waals surface area contributed by atoms with Crippen molar-refractivity contribution in [1.82, 2.24) is 4.57 Å². The molecule has 0 aliphatic carbocycles. The number of halogens is 2. The Labute approximate surface area is 129 Å². The molecule has 0 saturated carbocycles. The Morgan fingerprint density at radius 1 is 1.43 bits per heavy atom. The summed E-state index contributed by atoms with van der Waals surface area (Å²) in [5.41, 5.74) is 0.715. The second-order valence-electron chi connectivity index (χ2n) is 4.13. The van der Waals surface area contributed by atoms with Crippen LogP contribution in [0.1, 0.15) is 6.92 Å². The number of carbonyl (C=O) groups excluding carboxylic acids is 1. The van der Waals surface area contributed by atoms with E-state index in [4.69, 9.17) is 14.2 Å². The smallest absolute Gasteiger partial charge is 0.491 e. The van der Waals surface area contributed by atoms with Crippen molar-refractivity contribution in [1.29, 1.82) is 0 Å². The van der Waals surface area contributed by atoms with Gasteiger partial charge < -0.3 is 18.8 Å². The molecule has 0 spiro atoms. The number of rotatable bonds is 5. The summed E-state index contributed by atoms with van der Waals surface area (Å²) in [5.74, 6) is 0.119. The van der Waals surface area contributed by atoms with E-state index in [1.807, 2.05) is 0 Å². The first kappa shape index (κ1) is 15.6. The molecular weight excluding hydrogens is 345 g/mol. The number of carbonyl (C=O) groups is 1. The van der Waals surface area contributed by atoms with Crippen molar-refractivity contribution in [2.75, 3.05) is 19.0 Å². The average Bonchev–Trinajstić information content (AvgIpc) is 2.72. The molecule has 1 heterocycles. The normalized spacial score (nSPS) is 10.7. The van der Waals surface area contributed by atoms with E-state index in [1.54, 1.807) is 17.6 Å². The summed E-state index contributed by atoms with van der Waals surface area (Å²) >= 11 is 3.34. The summed E-state index contributed by atoms with van der Waals surface area (Å²) in [5, 5.41) is 1.17. The number of hydrogen-bond donors (Lipinski definition) is 0. The van der Waals surface area contributed by atoms with Crippen LogP contribution in [-0.4, -0.2) is 29.8 Å². The Hall–Kier alpha value is -1.76. The maximum atomic E-state index is 13.5. The number of aromatic nitrogens is 1. The highest BCUT2D eigenvalue weighted by molar-refractivity contribution is 9.09. The summed E-state index contributed by atoms with van der Waals surface area (Å²) in [7, 11) is 1.44. The highest BCUT2D eigenvalue weighted by Crippen LogP contribution is 2.39. The molecule has 5 nitrogen and oxygen atoms in total. The quantitative estimate of drug-likeness (QED) is 0.602. The molecule has 0 bridgehead atoms. The van der Waals surface area contributed by atoms with E-state index in [-0.39, 0.29) is 18.3 Å². The Balaban J connectivity index is 2.59. The summed E-state index contributed by atoms with van der Waals surface area (Å²) < 4.78 is 30.5. The van der Waals surface area contributed by atoms with Crippen LogP contribution in [0.3, 0.4) is 0 Å². The average molecular weight is 360 g/mol. The lowest BCUT2D eigenvalue weighted by Crippen LogP contribution is -2.14. The second kappa shape index (κ2) is 6.80. The molecule has 7 heteroatoms. The van der Waals surface area contributed by atoms with E-state index in [0.29, 0.717) is 28.5 Å². The number of ether oxygens (including phenoxy) is 3. The summed E-state index contributed by atoms with van der Waals surface area (Å²) in [4.78, 5) is 11.6. The zero-order chi connectivity index (χ0) is 15.4. The highest BCUT2D eigenvalue weighted by atomic mass is 79.9. The van der Waals surface area contributed by atoms with Gasteiger partial charge in [0.15, 0.2) is 5.75 Å². The number of aryl methyl sites for hydroxylation is 1. The minimum absolute atomic E-state index is 0.203. The molecule has 114 valence electrons. The van der Waals surface area contributed by atoms with Crippen molar-refractivity contribution in [2.24, 2.45) is 0 Å². The molecule has 0 amide bonds. The largest absolute Gasteiger partial charge is 0.515 e. The maximum absolute atomic E-state index is 13.5. The second-order valence-corrected chi connectivity index (χ2v) is 4.92. The van der Waals surface area contributed by atoms with Crippen LogP contribution in [0, 0.1) is 5.82 Å². The fourth-order valence-corrected chi connectivity index (χ4v) is 2.46. The minimum Gasteiger partial charge on any atom is -0.491 e. The van der Waals surface area contributed by atoms with Crippen LogP contribution >= 0.6 is 15.9 Å². The zero-order valence-electron chi connectivity index (χ0n) is 11.7. The number of alkyl halides is 1. The Kier molecular flexibility index (Phi) is 5.06. The summed E-state index contributed by atoms with van der Waals surface area (Å²) in [6.45, 7) is 2.41. The molecule has 1 aromatic carbocycles. The number of fused-ring (bicyclic) bond motifs is 1. The third-order valence-corrected chi connectivity index (χ3v) is 3.24.